The van der Waals surface area contributed by atoms with Gasteiger partial charge < -0.3 is 19.7 Å². The molecule has 2 aliphatic rings. The fraction of sp³-hybridized carbons (Fsp3) is 0.800. The molecule has 0 amide bonds. The lowest BCUT2D eigenvalue weighted by molar-refractivity contribution is -0.0721. The summed E-state index contributed by atoms with van der Waals surface area (Å²) in [6, 6.07) is 0. The van der Waals surface area contributed by atoms with Gasteiger partial charge in [0.25, 0.3) is 0 Å². The fourth-order valence-electron chi connectivity index (χ4n) is 3.69. The predicted octanol–water partition coefficient (Wildman–Crippen LogP) is 2.83. The maximum absolute atomic E-state index is 6.13. The van der Waals surface area contributed by atoms with Crippen LogP contribution in [0.25, 0.3) is 0 Å². The second-order valence-electron chi connectivity index (χ2n) is 7.52. The lowest BCUT2D eigenvalue weighted by Gasteiger charge is -2.35. The highest BCUT2D eigenvalue weighted by Crippen LogP contribution is 2.18. The maximum Gasteiger partial charge on any atom is 0.193 e. The van der Waals surface area contributed by atoms with E-state index in [0.717, 1.165) is 71.2 Å². The summed E-state index contributed by atoms with van der Waals surface area (Å²) in [5.74, 6) is 1.01. The zero-order valence-electron chi connectivity index (χ0n) is 17.3. The topological polar surface area (TPSA) is 63.9 Å². The number of aromatic nitrogens is 2. The molecular formula is C20H36IN5O2. The summed E-state index contributed by atoms with van der Waals surface area (Å²) < 4.78 is 13.9. The minimum atomic E-state index is 0. The first-order chi connectivity index (χ1) is 13.2. The largest absolute Gasteiger partial charge is 0.376 e. The Bertz CT molecular complexity index is 581. The van der Waals surface area contributed by atoms with Crippen LogP contribution < -0.4 is 5.32 Å². The smallest absolute Gasteiger partial charge is 0.193 e. The van der Waals surface area contributed by atoms with Crippen molar-refractivity contribution in [1.82, 2.24) is 20.0 Å². The summed E-state index contributed by atoms with van der Waals surface area (Å²) in [4.78, 5) is 7.15. The van der Waals surface area contributed by atoms with E-state index in [-0.39, 0.29) is 24.0 Å². The van der Waals surface area contributed by atoms with Crippen molar-refractivity contribution in [1.29, 1.82) is 0 Å². The van der Waals surface area contributed by atoms with Crippen molar-refractivity contribution in [2.75, 3.05) is 39.4 Å². The third-order valence-corrected chi connectivity index (χ3v) is 5.22. The average molecular weight is 505 g/mol. The first kappa shape index (κ1) is 23.4. The standard InChI is InChI=1S/C20H35N5O2.HI/c1-3-21-20(22-9-12-25-15-17(2)14-23-25)24-10-7-18(8-11-24)27-16-19-6-4-5-13-26-19;/h14-15,18-19H,3-13,16H2,1-2H3,(H,21,22);1H. The number of likely N-dealkylation sites (tertiary alicyclic amines) is 1. The molecule has 160 valence electrons. The highest BCUT2D eigenvalue weighted by molar-refractivity contribution is 14.0. The molecule has 28 heavy (non-hydrogen) atoms. The molecule has 0 aliphatic carbocycles. The summed E-state index contributed by atoms with van der Waals surface area (Å²) in [5, 5.41) is 7.75. The number of hydrogen-bond acceptors (Lipinski definition) is 4. The SMILES string of the molecule is CCNC(=NCCn1cc(C)cn1)N1CCC(OCC2CCCCO2)CC1.I. The molecule has 2 fully saturated rings. The number of nitrogens with zero attached hydrogens (tertiary/aromatic N) is 4. The van der Waals surface area contributed by atoms with E-state index in [4.69, 9.17) is 14.5 Å². The maximum atomic E-state index is 6.13. The Labute approximate surface area is 186 Å². The molecular weight excluding hydrogens is 469 g/mol. The lowest BCUT2D eigenvalue weighted by Crippen LogP contribution is -2.47. The summed E-state index contributed by atoms with van der Waals surface area (Å²) in [7, 11) is 0. The van der Waals surface area contributed by atoms with Crippen LogP contribution in [-0.2, 0) is 16.0 Å². The van der Waals surface area contributed by atoms with Crippen molar-refractivity contribution in [2.24, 2.45) is 4.99 Å². The molecule has 0 bridgehead atoms. The van der Waals surface area contributed by atoms with Gasteiger partial charge in [0, 0.05) is 32.4 Å². The van der Waals surface area contributed by atoms with Crippen LogP contribution in [0.3, 0.4) is 0 Å². The number of rotatable bonds is 7. The van der Waals surface area contributed by atoms with Crippen LogP contribution >= 0.6 is 24.0 Å². The van der Waals surface area contributed by atoms with Crippen LogP contribution in [0.15, 0.2) is 17.4 Å². The van der Waals surface area contributed by atoms with Crippen molar-refractivity contribution in [3.63, 3.8) is 0 Å². The van der Waals surface area contributed by atoms with Crippen LogP contribution in [-0.4, -0.2) is 72.2 Å². The van der Waals surface area contributed by atoms with Crippen LogP contribution in [0, 0.1) is 6.92 Å². The van der Waals surface area contributed by atoms with Crippen LogP contribution in [0.1, 0.15) is 44.6 Å². The van der Waals surface area contributed by atoms with E-state index in [9.17, 15) is 0 Å². The van der Waals surface area contributed by atoms with Crippen molar-refractivity contribution in [2.45, 2.75) is 64.7 Å². The zero-order chi connectivity index (χ0) is 18.9. The first-order valence-corrected chi connectivity index (χ1v) is 10.5. The van der Waals surface area contributed by atoms with Gasteiger partial charge in [-0.2, -0.15) is 5.10 Å². The normalized spacial score (nSPS) is 21.4. The number of aryl methyl sites for hydroxylation is 1. The summed E-state index contributed by atoms with van der Waals surface area (Å²) >= 11 is 0. The van der Waals surface area contributed by atoms with Gasteiger partial charge in [0.1, 0.15) is 0 Å². The Balaban J connectivity index is 0.00000280. The van der Waals surface area contributed by atoms with Crippen LogP contribution in [0.5, 0.6) is 0 Å². The minimum Gasteiger partial charge on any atom is -0.376 e. The number of nitrogens with one attached hydrogen (secondary N) is 1. The molecule has 3 heterocycles. The summed E-state index contributed by atoms with van der Waals surface area (Å²) in [6.45, 7) is 10.2. The van der Waals surface area contributed by atoms with Crippen molar-refractivity contribution < 1.29 is 9.47 Å². The number of hydrogen-bond donors (Lipinski definition) is 1. The highest BCUT2D eigenvalue weighted by atomic mass is 127. The Morgan fingerprint density at radius 3 is 2.79 bits per heavy atom. The summed E-state index contributed by atoms with van der Waals surface area (Å²) in [6.07, 6.45) is 10.3. The molecule has 1 atom stereocenters. The van der Waals surface area contributed by atoms with Gasteiger partial charge >= 0.3 is 0 Å². The van der Waals surface area contributed by atoms with Gasteiger partial charge in [0.2, 0.25) is 0 Å². The zero-order valence-corrected chi connectivity index (χ0v) is 19.6. The molecule has 2 aliphatic heterocycles. The van der Waals surface area contributed by atoms with Gasteiger partial charge in [-0.25, -0.2) is 0 Å². The monoisotopic (exact) mass is 505 g/mol. The van der Waals surface area contributed by atoms with Gasteiger partial charge in [-0.15, -0.1) is 24.0 Å². The predicted molar refractivity (Wildman–Crippen MR) is 122 cm³/mol. The summed E-state index contributed by atoms with van der Waals surface area (Å²) in [5.41, 5.74) is 1.19. The number of halogens is 1. The van der Waals surface area contributed by atoms with E-state index >= 15 is 0 Å². The third-order valence-electron chi connectivity index (χ3n) is 5.22. The first-order valence-electron chi connectivity index (χ1n) is 10.5. The number of aliphatic imine (C=N–C) groups is 1. The number of ether oxygens (including phenoxy) is 2. The molecule has 0 saturated carbocycles. The second-order valence-corrected chi connectivity index (χ2v) is 7.52. The molecule has 1 aromatic heterocycles. The van der Waals surface area contributed by atoms with Crippen molar-refractivity contribution in [3.05, 3.63) is 18.0 Å². The number of guanidine groups is 1. The van der Waals surface area contributed by atoms with Gasteiger partial charge in [-0.3, -0.25) is 9.67 Å². The van der Waals surface area contributed by atoms with Crippen LogP contribution in [0.4, 0.5) is 0 Å². The molecule has 0 radical (unpaired) electrons. The van der Waals surface area contributed by atoms with E-state index in [0.29, 0.717) is 12.2 Å². The molecule has 2 saturated heterocycles. The van der Waals surface area contributed by atoms with Crippen molar-refractivity contribution in [3.8, 4) is 0 Å². The van der Waals surface area contributed by atoms with E-state index in [1.165, 1.54) is 18.4 Å². The van der Waals surface area contributed by atoms with Gasteiger partial charge in [0.15, 0.2) is 5.96 Å². The lowest BCUT2D eigenvalue weighted by atomic mass is 10.1. The molecule has 1 N–H and O–H groups in total. The van der Waals surface area contributed by atoms with E-state index in [1.54, 1.807) is 0 Å². The molecule has 3 rings (SSSR count). The fourth-order valence-corrected chi connectivity index (χ4v) is 3.69. The van der Waals surface area contributed by atoms with Crippen molar-refractivity contribution >= 4 is 29.9 Å². The van der Waals surface area contributed by atoms with Crippen LogP contribution in [0.2, 0.25) is 0 Å². The molecule has 7 nitrogen and oxygen atoms in total. The quantitative estimate of drug-likeness (QED) is 0.351. The molecule has 1 unspecified atom stereocenters. The van der Waals surface area contributed by atoms with E-state index in [1.807, 2.05) is 10.9 Å². The van der Waals surface area contributed by atoms with Gasteiger partial charge in [-0.05, 0) is 51.5 Å². The van der Waals surface area contributed by atoms with E-state index in [2.05, 4.69) is 35.4 Å². The molecule has 1 aromatic rings. The average Bonchev–Trinajstić information content (AvgIpc) is 3.12. The third kappa shape index (κ3) is 7.51. The second kappa shape index (κ2) is 12.6. The molecule has 0 spiro atoms. The Morgan fingerprint density at radius 2 is 2.14 bits per heavy atom. The number of piperidine rings is 1. The van der Waals surface area contributed by atoms with E-state index < -0.39 is 0 Å². The molecule has 8 heteroatoms. The van der Waals surface area contributed by atoms with Gasteiger partial charge in [-0.1, -0.05) is 0 Å². The Hall–Kier alpha value is -0.870. The highest BCUT2D eigenvalue weighted by Gasteiger charge is 2.23. The molecule has 0 aromatic carbocycles. The van der Waals surface area contributed by atoms with Gasteiger partial charge in [0.05, 0.1) is 38.1 Å². The Morgan fingerprint density at radius 1 is 1.32 bits per heavy atom. The minimum absolute atomic E-state index is 0. The Kier molecular flexibility index (Phi) is 10.6.